The molecule has 0 heterocycles. The van der Waals surface area contributed by atoms with Crippen LogP contribution < -0.4 is 19.9 Å². The van der Waals surface area contributed by atoms with Crippen molar-refractivity contribution in [1.82, 2.24) is 0 Å². The number of hydrogen-bond acceptors (Lipinski definition) is 5. The van der Waals surface area contributed by atoms with Crippen molar-refractivity contribution in [2.45, 2.75) is 0 Å². The molecule has 0 bridgehead atoms. The summed E-state index contributed by atoms with van der Waals surface area (Å²) in [5.74, 6) is 1.96. The van der Waals surface area contributed by atoms with E-state index in [0.29, 0.717) is 34.2 Å². The molecule has 0 fully saturated rings. The fraction of sp³-hybridized carbons (Fsp3) is 0.118. The Balaban J connectivity index is 2.39. The van der Waals surface area contributed by atoms with Gasteiger partial charge < -0.3 is 19.9 Å². The van der Waals surface area contributed by atoms with E-state index in [2.05, 4.69) is 6.58 Å². The zero-order chi connectivity index (χ0) is 15.9. The minimum atomic E-state index is 0.281. The second-order valence-corrected chi connectivity index (χ2v) is 4.39. The maximum absolute atomic E-state index is 9.02. The summed E-state index contributed by atoms with van der Waals surface area (Å²) < 4.78 is 16.5. The van der Waals surface area contributed by atoms with E-state index in [0.717, 1.165) is 0 Å². The van der Waals surface area contributed by atoms with E-state index in [4.69, 9.17) is 25.2 Å². The van der Waals surface area contributed by atoms with Crippen molar-refractivity contribution in [1.29, 1.82) is 5.26 Å². The van der Waals surface area contributed by atoms with Crippen LogP contribution in [-0.2, 0) is 0 Å². The van der Waals surface area contributed by atoms with Crippen molar-refractivity contribution < 1.29 is 14.2 Å². The lowest BCUT2D eigenvalue weighted by atomic mass is 10.2. The molecule has 0 amide bonds. The minimum Gasteiger partial charge on any atom is -0.497 e. The molecule has 5 heteroatoms. The minimum absolute atomic E-state index is 0.281. The first-order chi connectivity index (χ1) is 10.7. The number of benzene rings is 2. The van der Waals surface area contributed by atoms with E-state index in [1.54, 1.807) is 37.5 Å². The molecular weight excluding hydrogens is 280 g/mol. The van der Waals surface area contributed by atoms with E-state index in [1.165, 1.54) is 6.07 Å². The van der Waals surface area contributed by atoms with Crippen LogP contribution in [0.3, 0.4) is 0 Å². The summed E-state index contributed by atoms with van der Waals surface area (Å²) >= 11 is 0. The lowest BCUT2D eigenvalue weighted by molar-refractivity contribution is 0.340. The summed E-state index contributed by atoms with van der Waals surface area (Å²) in [7, 11) is 1.58. The Labute approximate surface area is 129 Å². The maximum atomic E-state index is 9.02. The number of anilines is 1. The average molecular weight is 296 g/mol. The van der Waals surface area contributed by atoms with Gasteiger partial charge in [-0.1, -0.05) is 18.7 Å². The predicted molar refractivity (Wildman–Crippen MR) is 84.3 cm³/mol. The highest BCUT2D eigenvalue weighted by Crippen LogP contribution is 2.39. The Bertz CT molecular complexity index is 720. The second kappa shape index (κ2) is 7.04. The molecule has 0 aliphatic heterocycles. The first kappa shape index (κ1) is 15.3. The molecule has 0 aliphatic rings. The van der Waals surface area contributed by atoms with Crippen molar-refractivity contribution in [2.75, 3.05) is 19.5 Å². The monoisotopic (exact) mass is 296 g/mol. The van der Waals surface area contributed by atoms with Gasteiger partial charge in [0.1, 0.15) is 18.1 Å². The van der Waals surface area contributed by atoms with Gasteiger partial charge in [-0.2, -0.15) is 5.26 Å². The Hall–Kier alpha value is -3.13. The number of ether oxygens (including phenoxy) is 3. The molecule has 2 aromatic rings. The SMILES string of the molecule is C=CCOc1cc(C#N)cc(N)c1Oc1cccc(OC)c1. The fourth-order valence-electron chi connectivity index (χ4n) is 1.84. The lowest BCUT2D eigenvalue weighted by Crippen LogP contribution is -2.00. The highest BCUT2D eigenvalue weighted by atomic mass is 16.5. The molecular formula is C17H16N2O3. The van der Waals surface area contributed by atoms with Gasteiger partial charge in [0.05, 0.1) is 24.4 Å². The molecule has 0 saturated heterocycles. The number of nitrogens with zero attached hydrogens (tertiary/aromatic N) is 1. The largest absolute Gasteiger partial charge is 0.497 e. The summed E-state index contributed by atoms with van der Waals surface area (Å²) in [5.41, 5.74) is 6.69. The molecule has 112 valence electrons. The Morgan fingerprint density at radius 3 is 2.73 bits per heavy atom. The highest BCUT2D eigenvalue weighted by molar-refractivity contribution is 5.65. The third-order valence-electron chi connectivity index (χ3n) is 2.83. The molecule has 5 nitrogen and oxygen atoms in total. The van der Waals surface area contributed by atoms with Crippen LogP contribution in [0.15, 0.2) is 49.1 Å². The zero-order valence-electron chi connectivity index (χ0n) is 12.2. The van der Waals surface area contributed by atoms with Crippen molar-refractivity contribution in [2.24, 2.45) is 0 Å². The van der Waals surface area contributed by atoms with Crippen LogP contribution in [0.5, 0.6) is 23.0 Å². The van der Waals surface area contributed by atoms with E-state index >= 15 is 0 Å². The number of nitrogen functional groups attached to an aromatic ring is 1. The number of hydrogen-bond donors (Lipinski definition) is 1. The summed E-state index contributed by atoms with van der Waals surface area (Å²) in [6.45, 7) is 3.88. The summed E-state index contributed by atoms with van der Waals surface area (Å²) in [4.78, 5) is 0. The molecule has 0 radical (unpaired) electrons. The van der Waals surface area contributed by atoms with Crippen molar-refractivity contribution in [3.63, 3.8) is 0 Å². The van der Waals surface area contributed by atoms with Gasteiger partial charge in [0, 0.05) is 12.1 Å². The molecule has 0 saturated carbocycles. The van der Waals surface area contributed by atoms with Gasteiger partial charge >= 0.3 is 0 Å². The molecule has 2 aromatic carbocycles. The molecule has 0 unspecified atom stereocenters. The maximum Gasteiger partial charge on any atom is 0.192 e. The summed E-state index contributed by atoms with van der Waals surface area (Å²) in [5, 5.41) is 9.02. The molecule has 0 spiro atoms. The van der Waals surface area contributed by atoms with Gasteiger partial charge in [-0.3, -0.25) is 0 Å². The molecule has 22 heavy (non-hydrogen) atoms. The Morgan fingerprint density at radius 2 is 2.05 bits per heavy atom. The van der Waals surface area contributed by atoms with Gasteiger partial charge in [-0.05, 0) is 18.2 Å². The van der Waals surface area contributed by atoms with E-state index in [9.17, 15) is 0 Å². The Morgan fingerprint density at radius 1 is 1.27 bits per heavy atom. The number of rotatable bonds is 6. The molecule has 2 rings (SSSR count). The number of nitriles is 1. The average Bonchev–Trinajstić information content (AvgIpc) is 2.55. The molecule has 0 aliphatic carbocycles. The predicted octanol–water partition coefficient (Wildman–Crippen LogP) is 3.51. The van der Waals surface area contributed by atoms with Crippen molar-refractivity contribution >= 4 is 5.69 Å². The van der Waals surface area contributed by atoms with Gasteiger partial charge in [-0.15, -0.1) is 0 Å². The second-order valence-electron chi connectivity index (χ2n) is 4.39. The van der Waals surface area contributed by atoms with Crippen LogP contribution in [0.4, 0.5) is 5.69 Å². The van der Waals surface area contributed by atoms with Crippen LogP contribution in [0.1, 0.15) is 5.56 Å². The number of methoxy groups -OCH3 is 1. The molecule has 0 atom stereocenters. The topological polar surface area (TPSA) is 77.5 Å². The normalized spacial score (nSPS) is 9.64. The van der Waals surface area contributed by atoms with Crippen LogP contribution in [0.2, 0.25) is 0 Å². The smallest absolute Gasteiger partial charge is 0.192 e. The zero-order valence-corrected chi connectivity index (χ0v) is 12.2. The first-order valence-electron chi connectivity index (χ1n) is 6.57. The standard InChI is InChI=1S/C17H16N2O3/c1-3-7-21-16-9-12(11-18)8-15(19)17(16)22-14-6-4-5-13(10-14)20-2/h3-6,8-10H,1,7,19H2,2H3. The molecule has 0 aromatic heterocycles. The third kappa shape index (κ3) is 3.49. The van der Waals surface area contributed by atoms with Crippen LogP contribution in [0.25, 0.3) is 0 Å². The van der Waals surface area contributed by atoms with Crippen LogP contribution in [0, 0.1) is 11.3 Å². The van der Waals surface area contributed by atoms with Gasteiger partial charge in [-0.25, -0.2) is 0 Å². The fourth-order valence-corrected chi connectivity index (χ4v) is 1.84. The van der Waals surface area contributed by atoms with Crippen molar-refractivity contribution in [3.8, 4) is 29.1 Å². The van der Waals surface area contributed by atoms with Crippen molar-refractivity contribution in [3.05, 3.63) is 54.6 Å². The third-order valence-corrected chi connectivity index (χ3v) is 2.83. The number of nitrogens with two attached hydrogens (primary N) is 1. The summed E-state index contributed by atoms with van der Waals surface area (Å²) in [6, 6.07) is 12.3. The Kier molecular flexibility index (Phi) is 4.89. The van der Waals surface area contributed by atoms with Crippen LogP contribution >= 0.6 is 0 Å². The van der Waals surface area contributed by atoms with Crippen LogP contribution in [-0.4, -0.2) is 13.7 Å². The highest BCUT2D eigenvalue weighted by Gasteiger charge is 2.13. The summed E-state index contributed by atoms with van der Waals surface area (Å²) in [6.07, 6.45) is 1.60. The van der Waals surface area contributed by atoms with E-state index in [1.807, 2.05) is 12.1 Å². The molecule has 2 N–H and O–H groups in total. The van der Waals surface area contributed by atoms with E-state index < -0.39 is 0 Å². The lowest BCUT2D eigenvalue weighted by Gasteiger charge is -2.14. The van der Waals surface area contributed by atoms with Gasteiger partial charge in [0.15, 0.2) is 11.5 Å². The van der Waals surface area contributed by atoms with E-state index in [-0.39, 0.29) is 6.61 Å². The first-order valence-corrected chi connectivity index (χ1v) is 6.57. The quantitative estimate of drug-likeness (QED) is 0.652. The van der Waals surface area contributed by atoms with Gasteiger partial charge in [0.2, 0.25) is 0 Å². The van der Waals surface area contributed by atoms with Gasteiger partial charge in [0.25, 0.3) is 0 Å².